The van der Waals surface area contributed by atoms with Gasteiger partial charge in [0.05, 0.1) is 8.07 Å². The summed E-state index contributed by atoms with van der Waals surface area (Å²) in [5.41, 5.74) is 7.36. The molecule has 24 heavy (non-hydrogen) atoms. The van der Waals surface area contributed by atoms with Crippen LogP contribution in [0.5, 0.6) is 0 Å². The number of halogens is 2. The minimum atomic E-state index is -1.65. The van der Waals surface area contributed by atoms with Crippen molar-refractivity contribution in [1.29, 1.82) is 0 Å². The van der Waals surface area contributed by atoms with Crippen LogP contribution in [0.4, 0.5) is 0 Å². The Labute approximate surface area is 177 Å². The average Bonchev–Trinajstić information content (AvgIpc) is 3.12. The van der Waals surface area contributed by atoms with Crippen LogP contribution in [0.15, 0.2) is 60.7 Å². The predicted octanol–water partition coefficient (Wildman–Crippen LogP) is -0.932. The minimum Gasteiger partial charge on any atom is -1.00 e. The molecule has 0 aromatic heterocycles. The number of benzene rings is 2. The molecule has 0 saturated carbocycles. The third-order valence-electron chi connectivity index (χ3n) is 4.86. The van der Waals surface area contributed by atoms with Crippen LogP contribution in [-0.4, -0.2) is 8.07 Å². The van der Waals surface area contributed by atoms with Crippen molar-refractivity contribution in [2.45, 2.75) is 19.5 Å². The molecule has 0 nitrogen and oxygen atoms in total. The summed E-state index contributed by atoms with van der Waals surface area (Å²) in [6, 6.07) is 17.7. The summed E-state index contributed by atoms with van der Waals surface area (Å²) >= 11 is 0. The number of allylic oxidation sites excluding steroid dienone is 2. The van der Waals surface area contributed by atoms with Gasteiger partial charge in [-0.3, -0.25) is 0 Å². The molecule has 2 aromatic carbocycles. The molecule has 0 spiro atoms. The van der Waals surface area contributed by atoms with Gasteiger partial charge in [0.25, 0.3) is 0 Å². The largest absolute Gasteiger partial charge is 2.00 e. The van der Waals surface area contributed by atoms with Gasteiger partial charge < -0.3 is 24.8 Å². The summed E-state index contributed by atoms with van der Waals surface area (Å²) in [6.07, 6.45) is 8.21. The van der Waals surface area contributed by atoms with E-state index >= 15 is 0 Å². The van der Waals surface area contributed by atoms with Crippen LogP contribution in [0.25, 0.3) is 11.3 Å². The second-order valence-electron chi connectivity index (χ2n) is 6.44. The van der Waals surface area contributed by atoms with Gasteiger partial charge in [-0.15, -0.1) is 0 Å². The van der Waals surface area contributed by atoms with Crippen molar-refractivity contribution >= 4 is 19.3 Å². The molecule has 0 bridgehead atoms. The molecule has 0 fully saturated rings. The molecular formula is C20H19Cl2SiZr. The minimum absolute atomic E-state index is 0. The fourth-order valence-corrected chi connectivity index (χ4v) is 6.94. The molecule has 0 amide bonds. The van der Waals surface area contributed by atoms with Crippen LogP contribution >= 0.6 is 0 Å². The zero-order valence-corrected chi connectivity index (χ0v) is 18.8. The zero-order chi connectivity index (χ0) is 14.4. The summed E-state index contributed by atoms with van der Waals surface area (Å²) in [6.45, 7) is 4.98. The van der Waals surface area contributed by atoms with E-state index in [1.165, 1.54) is 22.3 Å². The van der Waals surface area contributed by atoms with Gasteiger partial charge in [-0.1, -0.05) is 85.0 Å². The maximum atomic E-state index is 2.49. The van der Waals surface area contributed by atoms with Crippen molar-refractivity contribution in [3.8, 4) is 0 Å². The van der Waals surface area contributed by atoms with E-state index in [-0.39, 0.29) is 51.0 Å². The van der Waals surface area contributed by atoms with E-state index in [4.69, 9.17) is 0 Å². The van der Waals surface area contributed by atoms with Crippen molar-refractivity contribution in [2.75, 3.05) is 0 Å². The smallest absolute Gasteiger partial charge is 1.00 e. The number of hydrogen-bond acceptors (Lipinski definition) is 0. The zero-order valence-electron chi connectivity index (χ0n) is 13.8. The summed E-state index contributed by atoms with van der Waals surface area (Å²) in [4.78, 5) is 0. The van der Waals surface area contributed by atoms with Crippen LogP contribution in [-0.2, 0) is 32.6 Å². The fourth-order valence-electron chi connectivity index (χ4n) is 3.72. The van der Waals surface area contributed by atoms with Gasteiger partial charge in [-0.25, -0.2) is 0 Å². The monoisotopic (exact) mass is 447 g/mol. The summed E-state index contributed by atoms with van der Waals surface area (Å²) in [5.74, 6) is 0. The third kappa shape index (κ3) is 3.44. The molecule has 0 N–H and O–H groups in total. The van der Waals surface area contributed by atoms with Gasteiger partial charge in [-0.05, 0) is 28.7 Å². The molecule has 2 aliphatic rings. The molecule has 4 heteroatoms. The Kier molecular flexibility index (Phi) is 7.50. The van der Waals surface area contributed by atoms with E-state index in [1.807, 2.05) is 0 Å². The van der Waals surface area contributed by atoms with Crippen molar-refractivity contribution in [3.63, 3.8) is 0 Å². The van der Waals surface area contributed by atoms with Crippen molar-refractivity contribution in [2.24, 2.45) is 0 Å². The molecule has 121 valence electrons. The van der Waals surface area contributed by atoms with E-state index in [1.54, 1.807) is 10.7 Å². The quantitative estimate of drug-likeness (QED) is 0.520. The second-order valence-corrected chi connectivity index (χ2v) is 10.8. The first kappa shape index (κ1) is 21.6. The normalized spacial score (nSPS) is 14.7. The first-order valence-electron chi connectivity index (χ1n) is 7.62. The summed E-state index contributed by atoms with van der Waals surface area (Å²) in [7, 11) is -1.65. The summed E-state index contributed by atoms with van der Waals surface area (Å²) < 4.78 is 0. The standard InChI is InChI=1S/C20H19Si.2ClH.Zr/c1-21(2,19-13-11-15-7-3-5-9-17(15)19)20-14-12-16-8-4-6-10-18(16)20;;;/h3-11,13-14H,12H2,1-2H3;2*1H;/q;;;+2/p-2. The maximum Gasteiger partial charge on any atom is 2.00 e. The van der Waals surface area contributed by atoms with Gasteiger partial charge in [0.15, 0.2) is 0 Å². The molecule has 0 atom stereocenters. The molecule has 0 aliphatic heterocycles. The van der Waals surface area contributed by atoms with Crippen LogP contribution in [0, 0.1) is 5.54 Å². The molecule has 2 aromatic rings. The first-order valence-corrected chi connectivity index (χ1v) is 10.6. The molecule has 4 rings (SSSR count). The van der Waals surface area contributed by atoms with Crippen LogP contribution in [0.3, 0.4) is 0 Å². The number of fused-ring (bicyclic) bond motifs is 2. The molecule has 0 unspecified atom stereocenters. The van der Waals surface area contributed by atoms with E-state index in [2.05, 4.69) is 79.9 Å². The van der Waals surface area contributed by atoms with E-state index in [0.29, 0.717) is 0 Å². The Hall–Kier alpha value is -0.400. The SMILES string of the molecule is C[Si](C)([C]1C=Cc2ccccc21)C1=CCc2ccccc21.[Cl-].[Cl-].[Zr+2]. The van der Waals surface area contributed by atoms with Crippen LogP contribution < -0.4 is 24.8 Å². The Balaban J connectivity index is 0.000000960. The molecule has 0 saturated heterocycles. The average molecular weight is 450 g/mol. The van der Waals surface area contributed by atoms with Crippen LogP contribution in [0.2, 0.25) is 13.1 Å². The first-order chi connectivity index (χ1) is 10.2. The Bertz CT molecular complexity index is 781. The predicted molar refractivity (Wildman–Crippen MR) is 93.4 cm³/mol. The molecule has 1 radical (unpaired) electrons. The Morgan fingerprint density at radius 2 is 1.42 bits per heavy atom. The number of hydrogen-bond donors (Lipinski definition) is 0. The van der Waals surface area contributed by atoms with Crippen molar-refractivity contribution in [3.05, 3.63) is 88.5 Å². The van der Waals surface area contributed by atoms with Crippen molar-refractivity contribution in [1.82, 2.24) is 0 Å². The van der Waals surface area contributed by atoms with Crippen molar-refractivity contribution < 1.29 is 51.0 Å². The van der Waals surface area contributed by atoms with Gasteiger partial charge >= 0.3 is 26.2 Å². The Morgan fingerprint density at radius 3 is 2.17 bits per heavy atom. The van der Waals surface area contributed by atoms with Crippen LogP contribution in [0.1, 0.15) is 22.3 Å². The van der Waals surface area contributed by atoms with E-state index in [9.17, 15) is 0 Å². The topological polar surface area (TPSA) is 0 Å². The fraction of sp³-hybridized carbons (Fsp3) is 0.150. The summed E-state index contributed by atoms with van der Waals surface area (Å²) in [5, 5.41) is 1.61. The third-order valence-corrected chi connectivity index (χ3v) is 8.46. The van der Waals surface area contributed by atoms with Gasteiger partial charge in [-0.2, -0.15) is 0 Å². The van der Waals surface area contributed by atoms with Gasteiger partial charge in [0.1, 0.15) is 0 Å². The van der Waals surface area contributed by atoms with E-state index < -0.39 is 8.07 Å². The second kappa shape index (κ2) is 8.32. The molecule has 2 aliphatic carbocycles. The Morgan fingerprint density at radius 1 is 0.792 bits per heavy atom. The van der Waals surface area contributed by atoms with Gasteiger partial charge in [0.2, 0.25) is 0 Å². The van der Waals surface area contributed by atoms with Gasteiger partial charge in [0, 0.05) is 5.54 Å². The molecule has 0 heterocycles. The van der Waals surface area contributed by atoms with E-state index in [0.717, 1.165) is 6.42 Å². The maximum absolute atomic E-state index is 2.49. The molecular weight excluding hydrogens is 430 g/mol. The number of rotatable bonds is 2.